The fourth-order valence-corrected chi connectivity index (χ4v) is 2.82. The van der Waals surface area contributed by atoms with Crippen LogP contribution in [0.4, 0.5) is 5.69 Å². The highest BCUT2D eigenvalue weighted by molar-refractivity contribution is 6.13. The van der Waals surface area contributed by atoms with Crippen LogP contribution in [0.25, 0.3) is 10.9 Å². The predicted octanol–water partition coefficient (Wildman–Crippen LogP) is 4.01. The van der Waals surface area contributed by atoms with E-state index in [1.807, 2.05) is 54.2 Å². The van der Waals surface area contributed by atoms with E-state index in [2.05, 4.69) is 15.5 Å². The minimum absolute atomic E-state index is 0.168. The lowest BCUT2D eigenvalue weighted by Gasteiger charge is -2.08. The van der Waals surface area contributed by atoms with Gasteiger partial charge in [0.2, 0.25) is 5.88 Å². The highest BCUT2D eigenvalue weighted by Crippen LogP contribution is 2.24. The average molecular weight is 344 g/mol. The molecule has 0 unspecified atom stereocenters. The molecule has 128 valence electrons. The summed E-state index contributed by atoms with van der Waals surface area (Å²) in [4.78, 5) is 12.7. The number of ether oxygens (including phenoxy) is 1. The quantitative estimate of drug-likeness (QED) is 0.607. The number of benzene rings is 2. The van der Waals surface area contributed by atoms with E-state index >= 15 is 0 Å². The van der Waals surface area contributed by atoms with Crippen molar-refractivity contribution in [3.8, 4) is 11.6 Å². The number of aromatic nitrogens is 3. The topological polar surface area (TPSA) is 69.0 Å². The summed E-state index contributed by atoms with van der Waals surface area (Å²) in [5, 5.41) is 11.5. The molecule has 0 aliphatic rings. The van der Waals surface area contributed by atoms with Gasteiger partial charge in [-0.2, -0.15) is 5.10 Å². The summed E-state index contributed by atoms with van der Waals surface area (Å²) in [6.45, 7) is 0. The number of carbonyl (C=O) groups excluding carboxylic acids is 1. The van der Waals surface area contributed by atoms with Gasteiger partial charge in [0, 0.05) is 48.2 Å². The summed E-state index contributed by atoms with van der Waals surface area (Å²) >= 11 is 0. The molecule has 0 saturated heterocycles. The maximum Gasteiger partial charge on any atom is 0.257 e. The minimum atomic E-state index is -0.168. The number of para-hydroxylation sites is 1. The Balaban J connectivity index is 1.57. The van der Waals surface area contributed by atoms with Gasteiger partial charge in [-0.15, -0.1) is 5.10 Å². The molecule has 6 heteroatoms. The van der Waals surface area contributed by atoms with E-state index in [1.54, 1.807) is 30.5 Å². The van der Waals surface area contributed by atoms with Crippen LogP contribution in [-0.2, 0) is 7.05 Å². The Kier molecular flexibility index (Phi) is 4.07. The Morgan fingerprint density at radius 2 is 1.96 bits per heavy atom. The molecule has 1 amide bonds. The van der Waals surface area contributed by atoms with E-state index in [0.29, 0.717) is 22.9 Å². The first-order valence-electron chi connectivity index (χ1n) is 8.12. The normalized spacial score (nSPS) is 10.7. The van der Waals surface area contributed by atoms with Crippen molar-refractivity contribution >= 4 is 22.5 Å². The Morgan fingerprint density at radius 3 is 2.81 bits per heavy atom. The molecule has 0 saturated carbocycles. The number of carbonyl (C=O) groups is 1. The van der Waals surface area contributed by atoms with Gasteiger partial charge in [0.25, 0.3) is 5.91 Å². The molecule has 2 aromatic carbocycles. The van der Waals surface area contributed by atoms with E-state index in [4.69, 9.17) is 4.74 Å². The van der Waals surface area contributed by atoms with Gasteiger partial charge in [-0.1, -0.05) is 24.3 Å². The van der Waals surface area contributed by atoms with E-state index < -0.39 is 0 Å². The highest BCUT2D eigenvalue weighted by atomic mass is 16.5. The van der Waals surface area contributed by atoms with Gasteiger partial charge in [-0.05, 0) is 24.3 Å². The number of hydrogen-bond acceptors (Lipinski definition) is 4. The van der Waals surface area contributed by atoms with Gasteiger partial charge in [-0.25, -0.2) is 0 Å². The fraction of sp³-hybridized carbons (Fsp3) is 0.0500. The average Bonchev–Trinajstić information content (AvgIpc) is 3.00. The second kappa shape index (κ2) is 6.68. The first kappa shape index (κ1) is 15.8. The Hall–Kier alpha value is -3.67. The smallest absolute Gasteiger partial charge is 0.257 e. The zero-order chi connectivity index (χ0) is 17.9. The molecule has 0 radical (unpaired) electrons. The maximum atomic E-state index is 12.7. The molecule has 4 aromatic rings. The van der Waals surface area contributed by atoms with Crippen LogP contribution in [0, 0.1) is 0 Å². The van der Waals surface area contributed by atoms with Crippen molar-refractivity contribution < 1.29 is 9.53 Å². The first-order chi connectivity index (χ1) is 12.7. The largest absolute Gasteiger partial charge is 0.437 e. The van der Waals surface area contributed by atoms with Crippen LogP contribution >= 0.6 is 0 Å². The number of hydrogen-bond donors (Lipinski definition) is 1. The van der Waals surface area contributed by atoms with Crippen LogP contribution in [0.15, 0.2) is 73.1 Å². The third-order valence-electron chi connectivity index (χ3n) is 4.00. The molecule has 0 fully saturated rings. The van der Waals surface area contributed by atoms with Crippen LogP contribution in [0.3, 0.4) is 0 Å². The van der Waals surface area contributed by atoms with Crippen LogP contribution < -0.4 is 10.1 Å². The van der Waals surface area contributed by atoms with Gasteiger partial charge in [0.15, 0.2) is 0 Å². The van der Waals surface area contributed by atoms with Gasteiger partial charge in [0.1, 0.15) is 5.75 Å². The van der Waals surface area contributed by atoms with Gasteiger partial charge in [-0.3, -0.25) is 4.79 Å². The van der Waals surface area contributed by atoms with Crippen LogP contribution in [0.2, 0.25) is 0 Å². The standard InChI is InChI=1S/C20H16N4O2/c1-24-13-17(16-8-2-3-9-18(16)24)20(25)22-14-6-4-7-15(12-14)26-19-10-5-11-21-23-19/h2-13H,1H3,(H,22,25). The molecule has 0 spiro atoms. The number of nitrogens with zero attached hydrogens (tertiary/aromatic N) is 3. The van der Waals surface area contributed by atoms with Gasteiger partial charge < -0.3 is 14.6 Å². The first-order valence-corrected chi connectivity index (χ1v) is 8.12. The van der Waals surface area contributed by atoms with Crippen LogP contribution in [0.5, 0.6) is 11.6 Å². The number of amides is 1. The molecule has 2 aromatic heterocycles. The molecule has 0 aliphatic carbocycles. The lowest BCUT2D eigenvalue weighted by molar-refractivity contribution is 0.102. The van der Waals surface area contributed by atoms with E-state index in [9.17, 15) is 4.79 Å². The van der Waals surface area contributed by atoms with Crippen molar-refractivity contribution in [2.45, 2.75) is 0 Å². The highest BCUT2D eigenvalue weighted by Gasteiger charge is 2.14. The molecule has 2 heterocycles. The second-order valence-corrected chi connectivity index (χ2v) is 5.82. The summed E-state index contributed by atoms with van der Waals surface area (Å²) in [6, 6.07) is 18.4. The van der Waals surface area contributed by atoms with E-state index in [0.717, 1.165) is 10.9 Å². The third kappa shape index (κ3) is 3.12. The Bertz CT molecular complexity index is 1070. The number of rotatable bonds is 4. The molecular formula is C20H16N4O2. The molecule has 0 bridgehead atoms. The van der Waals surface area contributed by atoms with Crippen molar-refractivity contribution in [1.29, 1.82) is 0 Å². The summed E-state index contributed by atoms with van der Waals surface area (Å²) in [7, 11) is 1.93. The summed E-state index contributed by atoms with van der Waals surface area (Å²) in [5.41, 5.74) is 2.28. The monoisotopic (exact) mass is 344 g/mol. The summed E-state index contributed by atoms with van der Waals surface area (Å²) in [5.74, 6) is 0.796. The lowest BCUT2D eigenvalue weighted by atomic mass is 10.1. The Morgan fingerprint density at radius 1 is 1.08 bits per heavy atom. The zero-order valence-electron chi connectivity index (χ0n) is 14.1. The number of anilines is 1. The number of nitrogens with one attached hydrogen (secondary N) is 1. The van der Waals surface area contributed by atoms with E-state index in [-0.39, 0.29) is 5.91 Å². The second-order valence-electron chi connectivity index (χ2n) is 5.82. The summed E-state index contributed by atoms with van der Waals surface area (Å²) < 4.78 is 7.59. The molecule has 0 aliphatic heterocycles. The molecule has 1 N–H and O–H groups in total. The molecule has 0 atom stereocenters. The van der Waals surface area contributed by atoms with Crippen LogP contribution in [0.1, 0.15) is 10.4 Å². The molecule has 4 rings (SSSR count). The van der Waals surface area contributed by atoms with Crippen molar-refractivity contribution in [2.24, 2.45) is 7.05 Å². The third-order valence-corrected chi connectivity index (χ3v) is 4.00. The number of fused-ring (bicyclic) bond motifs is 1. The van der Waals surface area contributed by atoms with Gasteiger partial charge in [0.05, 0.1) is 5.56 Å². The molecule has 6 nitrogen and oxygen atoms in total. The van der Waals surface area contributed by atoms with Crippen molar-refractivity contribution in [1.82, 2.24) is 14.8 Å². The van der Waals surface area contributed by atoms with Crippen molar-refractivity contribution in [2.75, 3.05) is 5.32 Å². The van der Waals surface area contributed by atoms with Crippen molar-refractivity contribution in [3.05, 3.63) is 78.6 Å². The fourth-order valence-electron chi connectivity index (χ4n) is 2.82. The maximum absolute atomic E-state index is 12.7. The van der Waals surface area contributed by atoms with Crippen molar-refractivity contribution in [3.63, 3.8) is 0 Å². The lowest BCUT2D eigenvalue weighted by Crippen LogP contribution is -2.11. The van der Waals surface area contributed by atoms with Crippen LogP contribution in [-0.4, -0.2) is 20.7 Å². The SMILES string of the molecule is Cn1cc(C(=O)Nc2cccc(Oc3cccnn3)c2)c2ccccc21. The Labute approximate surface area is 150 Å². The summed E-state index contributed by atoms with van der Waals surface area (Å²) in [6.07, 6.45) is 3.41. The number of aryl methyl sites for hydroxylation is 1. The molecular weight excluding hydrogens is 328 g/mol. The predicted molar refractivity (Wildman–Crippen MR) is 99.4 cm³/mol. The zero-order valence-corrected chi connectivity index (χ0v) is 14.1. The van der Waals surface area contributed by atoms with E-state index in [1.165, 1.54) is 0 Å². The van der Waals surface area contributed by atoms with Gasteiger partial charge >= 0.3 is 0 Å². The molecule has 26 heavy (non-hydrogen) atoms. The minimum Gasteiger partial charge on any atom is -0.437 e.